The van der Waals surface area contributed by atoms with Crippen LogP contribution in [-0.4, -0.2) is 41.2 Å². The molecule has 0 bridgehead atoms. The lowest BCUT2D eigenvalue weighted by atomic mass is 10.2. The van der Waals surface area contributed by atoms with Crippen LogP contribution in [0.25, 0.3) is 17.1 Å². The second kappa shape index (κ2) is 9.75. The molecule has 0 spiro atoms. The van der Waals surface area contributed by atoms with Crippen LogP contribution in [-0.2, 0) is 11.3 Å². The number of thioether (sulfide) groups is 1. The van der Waals surface area contributed by atoms with E-state index in [0.717, 1.165) is 22.7 Å². The van der Waals surface area contributed by atoms with Crippen LogP contribution in [0.3, 0.4) is 0 Å². The highest BCUT2D eigenvalue weighted by molar-refractivity contribution is 7.99. The number of carbonyl (C=O) groups is 1. The Bertz CT molecular complexity index is 1380. The Morgan fingerprint density at radius 3 is 2.74 bits per heavy atom. The summed E-state index contributed by atoms with van der Waals surface area (Å²) in [5, 5.41) is 16.7. The van der Waals surface area contributed by atoms with Gasteiger partial charge in [0.2, 0.25) is 5.91 Å². The van der Waals surface area contributed by atoms with E-state index in [9.17, 15) is 4.79 Å². The van der Waals surface area contributed by atoms with E-state index >= 15 is 0 Å². The number of rotatable bonds is 8. The molecule has 5 aromatic rings. The zero-order valence-corrected chi connectivity index (χ0v) is 19.1. The van der Waals surface area contributed by atoms with Crippen molar-refractivity contribution in [1.82, 2.24) is 29.5 Å². The van der Waals surface area contributed by atoms with Gasteiger partial charge in [-0.2, -0.15) is 5.10 Å². The third kappa shape index (κ3) is 4.76. The Kier molecular flexibility index (Phi) is 6.21. The molecule has 34 heavy (non-hydrogen) atoms. The van der Waals surface area contributed by atoms with Crippen molar-refractivity contribution < 1.29 is 9.21 Å². The van der Waals surface area contributed by atoms with Crippen molar-refractivity contribution in [3.63, 3.8) is 0 Å². The van der Waals surface area contributed by atoms with E-state index < -0.39 is 0 Å². The molecule has 5 rings (SSSR count). The van der Waals surface area contributed by atoms with Crippen molar-refractivity contribution in [2.75, 3.05) is 11.1 Å². The number of amides is 1. The maximum absolute atomic E-state index is 12.8. The van der Waals surface area contributed by atoms with E-state index in [1.807, 2.05) is 72.2 Å². The lowest BCUT2D eigenvalue weighted by Gasteiger charge is -2.10. The van der Waals surface area contributed by atoms with Gasteiger partial charge >= 0.3 is 0 Å². The van der Waals surface area contributed by atoms with Crippen molar-refractivity contribution in [3.8, 4) is 17.1 Å². The summed E-state index contributed by atoms with van der Waals surface area (Å²) >= 11 is 1.31. The second-order valence-corrected chi connectivity index (χ2v) is 8.41. The molecular weight excluding hydrogens is 450 g/mol. The number of nitrogens with zero attached hydrogens (tertiary/aromatic N) is 6. The molecule has 0 atom stereocenters. The average molecular weight is 472 g/mol. The van der Waals surface area contributed by atoms with Crippen LogP contribution in [0.1, 0.15) is 11.5 Å². The molecule has 0 saturated heterocycles. The first-order valence-corrected chi connectivity index (χ1v) is 11.6. The largest absolute Gasteiger partial charge is 0.467 e. The zero-order chi connectivity index (χ0) is 23.3. The van der Waals surface area contributed by atoms with Crippen molar-refractivity contribution in [2.24, 2.45) is 0 Å². The van der Waals surface area contributed by atoms with Gasteiger partial charge in [0.05, 0.1) is 29.9 Å². The predicted molar refractivity (Wildman–Crippen MR) is 129 cm³/mol. The fraction of sp³-hybridized carbons (Fsp3) is 0.125. The summed E-state index contributed by atoms with van der Waals surface area (Å²) in [5.74, 6) is 2.02. The number of hydrogen-bond donors (Lipinski definition) is 1. The number of hydrogen-bond acceptors (Lipinski definition) is 7. The monoisotopic (exact) mass is 471 g/mol. The van der Waals surface area contributed by atoms with Gasteiger partial charge in [-0.05, 0) is 43.3 Å². The first kappa shape index (κ1) is 21.7. The number of aromatic nitrogens is 6. The number of nitrogens with one attached hydrogen (secondary N) is 1. The number of furan rings is 1. The molecule has 4 heterocycles. The highest BCUT2D eigenvalue weighted by Crippen LogP contribution is 2.25. The van der Waals surface area contributed by atoms with Gasteiger partial charge in [-0.25, -0.2) is 4.68 Å². The van der Waals surface area contributed by atoms with Crippen LogP contribution < -0.4 is 5.32 Å². The SMILES string of the molecule is Cc1cc(NC(=O)CSc2nnc(-c3cccnc3)n2Cc2ccco2)n(-c2ccccc2)n1. The van der Waals surface area contributed by atoms with Gasteiger partial charge in [0.15, 0.2) is 11.0 Å². The Balaban J connectivity index is 1.34. The van der Waals surface area contributed by atoms with Gasteiger partial charge in [0.25, 0.3) is 0 Å². The zero-order valence-electron chi connectivity index (χ0n) is 18.3. The minimum atomic E-state index is -0.169. The fourth-order valence-corrected chi connectivity index (χ4v) is 4.21. The Morgan fingerprint density at radius 1 is 1.09 bits per heavy atom. The van der Waals surface area contributed by atoms with E-state index in [2.05, 4.69) is 25.6 Å². The highest BCUT2D eigenvalue weighted by Gasteiger charge is 2.18. The van der Waals surface area contributed by atoms with Crippen LogP contribution in [0.15, 0.2) is 88.9 Å². The topological polar surface area (TPSA) is 104 Å². The van der Waals surface area contributed by atoms with Crippen LogP contribution in [0.5, 0.6) is 0 Å². The summed E-state index contributed by atoms with van der Waals surface area (Å²) in [4.78, 5) is 17.0. The summed E-state index contributed by atoms with van der Waals surface area (Å²) in [7, 11) is 0. The minimum Gasteiger partial charge on any atom is -0.467 e. The third-order valence-electron chi connectivity index (χ3n) is 4.96. The first-order valence-electron chi connectivity index (χ1n) is 10.6. The van der Waals surface area contributed by atoms with Gasteiger partial charge in [-0.3, -0.25) is 14.3 Å². The lowest BCUT2D eigenvalue weighted by molar-refractivity contribution is -0.113. The molecule has 4 aromatic heterocycles. The van der Waals surface area contributed by atoms with Crippen LogP contribution in [0, 0.1) is 6.92 Å². The van der Waals surface area contributed by atoms with Crippen molar-refractivity contribution >= 4 is 23.5 Å². The van der Waals surface area contributed by atoms with E-state index in [4.69, 9.17) is 4.42 Å². The first-order chi connectivity index (χ1) is 16.7. The molecule has 0 aliphatic heterocycles. The minimum absolute atomic E-state index is 0.155. The quantitative estimate of drug-likeness (QED) is 0.338. The molecule has 0 aliphatic rings. The van der Waals surface area contributed by atoms with Gasteiger partial charge < -0.3 is 9.73 Å². The van der Waals surface area contributed by atoms with Crippen molar-refractivity contribution in [3.05, 3.63) is 90.8 Å². The van der Waals surface area contributed by atoms with Crippen LogP contribution >= 0.6 is 11.8 Å². The molecule has 0 unspecified atom stereocenters. The van der Waals surface area contributed by atoms with E-state index in [1.54, 1.807) is 23.3 Å². The highest BCUT2D eigenvalue weighted by atomic mass is 32.2. The Hall–Kier alpha value is -4.18. The average Bonchev–Trinajstić information content (AvgIpc) is 3.60. The molecule has 1 N–H and O–H groups in total. The molecular formula is C24H21N7O2S. The van der Waals surface area contributed by atoms with E-state index in [0.29, 0.717) is 23.3 Å². The summed E-state index contributed by atoms with van der Waals surface area (Å²) in [6.45, 7) is 2.33. The normalized spacial score (nSPS) is 11.0. The number of aryl methyl sites for hydroxylation is 1. The second-order valence-electron chi connectivity index (χ2n) is 7.47. The predicted octanol–water partition coefficient (Wildman–Crippen LogP) is 4.21. The van der Waals surface area contributed by atoms with Crippen LogP contribution in [0.2, 0.25) is 0 Å². The summed E-state index contributed by atoms with van der Waals surface area (Å²) < 4.78 is 9.17. The van der Waals surface area contributed by atoms with Crippen LogP contribution in [0.4, 0.5) is 5.82 Å². The fourth-order valence-electron chi connectivity index (χ4n) is 3.47. The molecule has 1 amide bonds. The molecule has 10 heteroatoms. The smallest absolute Gasteiger partial charge is 0.236 e. The van der Waals surface area contributed by atoms with Crippen molar-refractivity contribution in [1.29, 1.82) is 0 Å². The standard InChI is InChI=1S/C24H21N7O2S/c1-17-13-21(31(29-17)19-8-3-2-4-9-19)26-22(32)16-34-24-28-27-23(18-7-5-11-25-14-18)30(24)15-20-10-6-12-33-20/h2-14H,15-16H2,1H3,(H,26,32). The molecule has 0 fully saturated rings. The van der Waals surface area contributed by atoms with Crippen molar-refractivity contribution in [2.45, 2.75) is 18.6 Å². The summed E-state index contributed by atoms with van der Waals surface area (Å²) in [6.07, 6.45) is 5.07. The molecule has 9 nitrogen and oxygen atoms in total. The summed E-state index contributed by atoms with van der Waals surface area (Å²) in [6, 6.07) is 19.0. The molecule has 170 valence electrons. The van der Waals surface area contributed by atoms with Gasteiger partial charge in [0, 0.05) is 24.0 Å². The Labute approximate surface area is 199 Å². The maximum Gasteiger partial charge on any atom is 0.236 e. The third-order valence-corrected chi connectivity index (χ3v) is 5.93. The van der Waals surface area contributed by atoms with Gasteiger partial charge in [0.1, 0.15) is 11.6 Å². The number of para-hydroxylation sites is 1. The molecule has 0 aliphatic carbocycles. The number of anilines is 1. The molecule has 0 radical (unpaired) electrons. The van der Waals surface area contributed by atoms with Gasteiger partial charge in [-0.15, -0.1) is 10.2 Å². The molecule has 1 aromatic carbocycles. The Morgan fingerprint density at radius 2 is 1.97 bits per heavy atom. The number of pyridine rings is 1. The van der Waals surface area contributed by atoms with E-state index in [-0.39, 0.29) is 11.7 Å². The van der Waals surface area contributed by atoms with Gasteiger partial charge in [-0.1, -0.05) is 30.0 Å². The lowest BCUT2D eigenvalue weighted by Crippen LogP contribution is -2.17. The maximum atomic E-state index is 12.8. The summed E-state index contributed by atoms with van der Waals surface area (Å²) in [5.41, 5.74) is 2.52. The van der Waals surface area contributed by atoms with E-state index in [1.165, 1.54) is 11.8 Å². The number of carbonyl (C=O) groups excluding carboxylic acids is 1. The molecule has 0 saturated carbocycles. The number of benzene rings is 1.